The van der Waals surface area contributed by atoms with Crippen LogP contribution in [-0.2, 0) is 4.79 Å². The van der Waals surface area contributed by atoms with Crippen molar-refractivity contribution in [2.75, 3.05) is 0 Å². The van der Waals surface area contributed by atoms with Gasteiger partial charge in [0.25, 0.3) is 5.95 Å². The second-order valence-corrected chi connectivity index (χ2v) is 6.44. The quantitative estimate of drug-likeness (QED) is 0.411. The first-order valence-corrected chi connectivity index (χ1v) is 8.51. The molecule has 0 spiro atoms. The van der Waals surface area contributed by atoms with E-state index >= 15 is 0 Å². The van der Waals surface area contributed by atoms with Crippen LogP contribution in [-0.4, -0.2) is 11.0 Å². The van der Waals surface area contributed by atoms with E-state index in [9.17, 15) is 9.18 Å². The zero-order valence-electron chi connectivity index (χ0n) is 13.0. The summed E-state index contributed by atoms with van der Waals surface area (Å²) in [7, 11) is 0. The second kappa shape index (κ2) is 8.47. The van der Waals surface area contributed by atoms with Gasteiger partial charge in [-0.3, -0.25) is 4.79 Å². The first-order valence-electron chi connectivity index (χ1n) is 8.14. The third-order valence-corrected chi connectivity index (χ3v) is 4.60. The molecule has 1 saturated carbocycles. The van der Waals surface area contributed by atoms with Gasteiger partial charge < -0.3 is 4.74 Å². The van der Waals surface area contributed by atoms with Crippen LogP contribution in [0.25, 0.3) is 0 Å². The molecule has 0 unspecified atom stereocenters. The Kier molecular flexibility index (Phi) is 6.62. The fourth-order valence-corrected chi connectivity index (χ4v) is 3.17. The van der Waals surface area contributed by atoms with Crippen molar-refractivity contribution in [1.29, 1.82) is 0 Å². The molecule has 1 aromatic rings. The van der Waals surface area contributed by atoms with Gasteiger partial charge in [-0.25, -0.2) is 4.98 Å². The molecule has 122 valence electrons. The Morgan fingerprint density at radius 2 is 2.05 bits per heavy atom. The molecule has 0 saturated heterocycles. The lowest BCUT2D eigenvalue weighted by Crippen LogP contribution is -2.26. The summed E-state index contributed by atoms with van der Waals surface area (Å²) in [5, 5.41) is 0.0462. The number of rotatable bonds is 6. The SMILES string of the molecule is CCCCCC1CCC(C(=O)Oc2ccc(Cl)nc2F)CC1. The number of unbranched alkanes of at least 4 members (excludes halogenated alkanes) is 2. The predicted octanol–water partition coefficient (Wildman–Crippen LogP) is 5.17. The number of ether oxygens (including phenoxy) is 1. The molecule has 1 aliphatic rings. The number of esters is 1. The van der Waals surface area contributed by atoms with Crippen molar-refractivity contribution in [3.8, 4) is 5.75 Å². The van der Waals surface area contributed by atoms with E-state index in [2.05, 4.69) is 11.9 Å². The number of nitrogens with zero attached hydrogens (tertiary/aromatic N) is 1. The number of hydrogen-bond donors (Lipinski definition) is 0. The molecular formula is C17H23ClFNO2. The van der Waals surface area contributed by atoms with Crippen LogP contribution in [0.5, 0.6) is 5.75 Å². The average Bonchev–Trinajstić information content (AvgIpc) is 2.51. The van der Waals surface area contributed by atoms with Crippen LogP contribution in [0.4, 0.5) is 4.39 Å². The van der Waals surface area contributed by atoms with Crippen molar-refractivity contribution in [3.63, 3.8) is 0 Å². The summed E-state index contributed by atoms with van der Waals surface area (Å²) in [6.45, 7) is 2.21. The Morgan fingerprint density at radius 1 is 1.32 bits per heavy atom. The summed E-state index contributed by atoms with van der Waals surface area (Å²) in [5.41, 5.74) is 0. The summed E-state index contributed by atoms with van der Waals surface area (Å²) in [6.07, 6.45) is 8.84. The first-order chi connectivity index (χ1) is 10.6. The van der Waals surface area contributed by atoms with E-state index in [0.29, 0.717) is 0 Å². The molecule has 22 heavy (non-hydrogen) atoms. The Balaban J connectivity index is 1.80. The minimum Gasteiger partial charge on any atom is -0.421 e. The van der Waals surface area contributed by atoms with Gasteiger partial charge >= 0.3 is 5.97 Å². The fraction of sp³-hybridized carbons (Fsp3) is 0.647. The molecule has 0 aromatic carbocycles. The smallest absolute Gasteiger partial charge is 0.314 e. The van der Waals surface area contributed by atoms with Crippen LogP contribution in [0.3, 0.4) is 0 Å². The van der Waals surface area contributed by atoms with Gasteiger partial charge in [0.15, 0.2) is 5.75 Å². The predicted molar refractivity (Wildman–Crippen MR) is 84.4 cm³/mol. The molecule has 2 rings (SSSR count). The standard InChI is InChI=1S/C17H23ClFNO2/c1-2-3-4-5-12-6-8-13(9-7-12)17(21)22-14-10-11-15(18)20-16(14)19/h10-13H,2-9H2,1H3. The van der Waals surface area contributed by atoms with Crippen molar-refractivity contribution in [3.05, 3.63) is 23.2 Å². The summed E-state index contributed by atoms with van der Waals surface area (Å²) in [4.78, 5) is 15.6. The lowest BCUT2D eigenvalue weighted by molar-refractivity contribution is -0.140. The Morgan fingerprint density at radius 3 is 2.68 bits per heavy atom. The van der Waals surface area contributed by atoms with Crippen molar-refractivity contribution < 1.29 is 13.9 Å². The highest BCUT2D eigenvalue weighted by atomic mass is 35.5. The van der Waals surface area contributed by atoms with E-state index in [1.54, 1.807) is 0 Å². The third-order valence-electron chi connectivity index (χ3n) is 4.39. The monoisotopic (exact) mass is 327 g/mol. The van der Waals surface area contributed by atoms with E-state index in [4.69, 9.17) is 16.3 Å². The highest BCUT2D eigenvalue weighted by molar-refractivity contribution is 6.29. The van der Waals surface area contributed by atoms with E-state index in [-0.39, 0.29) is 22.8 Å². The number of pyridine rings is 1. The lowest BCUT2D eigenvalue weighted by atomic mass is 9.80. The van der Waals surface area contributed by atoms with Gasteiger partial charge in [0.1, 0.15) is 5.15 Å². The van der Waals surface area contributed by atoms with E-state index < -0.39 is 5.95 Å². The molecule has 1 aromatic heterocycles. The van der Waals surface area contributed by atoms with Crippen molar-refractivity contribution in [2.45, 2.75) is 58.3 Å². The zero-order valence-corrected chi connectivity index (χ0v) is 13.7. The van der Waals surface area contributed by atoms with Crippen LogP contribution in [0.15, 0.2) is 12.1 Å². The van der Waals surface area contributed by atoms with Crippen LogP contribution < -0.4 is 4.74 Å². The highest BCUT2D eigenvalue weighted by Gasteiger charge is 2.28. The van der Waals surface area contributed by atoms with E-state index in [1.807, 2.05) is 0 Å². The number of aromatic nitrogens is 1. The molecule has 0 radical (unpaired) electrons. The average molecular weight is 328 g/mol. The second-order valence-electron chi connectivity index (χ2n) is 6.06. The maximum Gasteiger partial charge on any atom is 0.314 e. The summed E-state index contributed by atoms with van der Waals surface area (Å²) in [5.74, 6) is -0.731. The topological polar surface area (TPSA) is 39.2 Å². The van der Waals surface area contributed by atoms with Crippen molar-refractivity contribution >= 4 is 17.6 Å². The molecule has 0 aliphatic heterocycles. The molecule has 3 nitrogen and oxygen atoms in total. The summed E-state index contributed by atoms with van der Waals surface area (Å²) < 4.78 is 18.7. The van der Waals surface area contributed by atoms with Gasteiger partial charge in [-0.15, -0.1) is 0 Å². The van der Waals surface area contributed by atoms with Crippen LogP contribution in [0.2, 0.25) is 5.15 Å². The molecule has 5 heteroatoms. The number of carbonyl (C=O) groups is 1. The third kappa shape index (κ3) is 4.94. The van der Waals surface area contributed by atoms with Gasteiger partial charge in [-0.2, -0.15) is 4.39 Å². The van der Waals surface area contributed by atoms with Gasteiger partial charge in [0.2, 0.25) is 0 Å². The highest BCUT2D eigenvalue weighted by Crippen LogP contribution is 2.33. The maximum atomic E-state index is 13.5. The Hall–Kier alpha value is -1.16. The molecular weight excluding hydrogens is 305 g/mol. The van der Waals surface area contributed by atoms with Gasteiger partial charge in [-0.05, 0) is 43.7 Å². The molecule has 0 N–H and O–H groups in total. The summed E-state index contributed by atoms with van der Waals surface area (Å²) >= 11 is 5.58. The van der Waals surface area contributed by atoms with Crippen LogP contribution in [0.1, 0.15) is 58.3 Å². The van der Waals surface area contributed by atoms with Gasteiger partial charge in [-0.1, -0.05) is 44.2 Å². The van der Waals surface area contributed by atoms with E-state index in [0.717, 1.165) is 31.6 Å². The molecule has 0 bridgehead atoms. The number of hydrogen-bond acceptors (Lipinski definition) is 3. The fourth-order valence-electron chi connectivity index (χ4n) is 3.04. The Labute approximate surface area is 136 Å². The zero-order chi connectivity index (χ0) is 15.9. The van der Waals surface area contributed by atoms with Gasteiger partial charge in [0.05, 0.1) is 5.92 Å². The van der Waals surface area contributed by atoms with Crippen molar-refractivity contribution in [2.24, 2.45) is 11.8 Å². The normalized spacial score (nSPS) is 21.6. The van der Waals surface area contributed by atoms with Crippen molar-refractivity contribution in [1.82, 2.24) is 4.98 Å². The Bertz CT molecular complexity index is 501. The lowest BCUT2D eigenvalue weighted by Gasteiger charge is -2.27. The molecule has 0 atom stereocenters. The minimum atomic E-state index is -0.839. The molecule has 1 fully saturated rings. The molecule has 1 heterocycles. The maximum absolute atomic E-state index is 13.5. The number of halogens is 2. The molecule has 1 aliphatic carbocycles. The van der Waals surface area contributed by atoms with E-state index in [1.165, 1.54) is 37.8 Å². The number of carbonyl (C=O) groups excluding carboxylic acids is 1. The minimum absolute atomic E-state index is 0.0462. The summed E-state index contributed by atoms with van der Waals surface area (Å²) in [6, 6.07) is 2.76. The van der Waals surface area contributed by atoms with Gasteiger partial charge in [0, 0.05) is 0 Å². The first kappa shape index (κ1) is 17.2. The molecule has 0 amide bonds. The van der Waals surface area contributed by atoms with Crippen LogP contribution >= 0.6 is 11.6 Å². The largest absolute Gasteiger partial charge is 0.421 e. The van der Waals surface area contributed by atoms with Crippen LogP contribution in [0, 0.1) is 17.8 Å².